The van der Waals surface area contributed by atoms with Crippen molar-refractivity contribution >= 4 is 27.7 Å². The molecule has 3 aromatic rings. The zero-order chi connectivity index (χ0) is 21.8. The Morgan fingerprint density at radius 3 is 2.40 bits per heavy atom. The Morgan fingerprint density at radius 2 is 1.80 bits per heavy atom. The van der Waals surface area contributed by atoms with Crippen LogP contribution in [0, 0.1) is 22.7 Å². The zero-order valence-corrected chi connectivity index (χ0v) is 17.1. The maximum absolute atomic E-state index is 12.4. The Balaban J connectivity index is 2.17. The summed E-state index contributed by atoms with van der Waals surface area (Å²) in [5.74, 6) is -0.510. The average molecular weight is 465 g/mol. The number of halogens is 1. The number of anilines is 1. The van der Waals surface area contributed by atoms with E-state index >= 15 is 0 Å². The maximum Gasteiger partial charge on any atom is 0.343 e. The number of pyridine rings is 1. The molecule has 1 aromatic heterocycles. The van der Waals surface area contributed by atoms with Crippen LogP contribution >= 0.6 is 15.9 Å². The Hall–Kier alpha value is -4.08. The standard InChI is InChI=1S/C21H13BrN4O4/c1-29-16-8-12(17-13(9-23)19(25)26-20(27)14(17)10-24)7-15(22)18(16)30-21(28)11-5-3-2-4-6-11/h2-8H,1H3,(H3,25,26,27). The number of aromatic amines is 1. The number of carbonyl (C=O) groups is 1. The molecule has 0 saturated carbocycles. The quantitative estimate of drug-likeness (QED) is 0.444. The Morgan fingerprint density at radius 1 is 1.13 bits per heavy atom. The van der Waals surface area contributed by atoms with E-state index in [1.807, 2.05) is 6.07 Å². The van der Waals surface area contributed by atoms with E-state index in [0.29, 0.717) is 15.6 Å². The first-order chi connectivity index (χ1) is 14.4. The third kappa shape index (κ3) is 3.75. The summed E-state index contributed by atoms with van der Waals surface area (Å²) < 4.78 is 11.1. The van der Waals surface area contributed by atoms with Gasteiger partial charge in [0.25, 0.3) is 5.56 Å². The number of rotatable bonds is 4. The predicted molar refractivity (Wildman–Crippen MR) is 112 cm³/mol. The van der Waals surface area contributed by atoms with Gasteiger partial charge >= 0.3 is 5.97 Å². The first kappa shape index (κ1) is 20.6. The lowest BCUT2D eigenvalue weighted by atomic mass is 9.96. The number of benzene rings is 2. The number of nitrogens with one attached hydrogen (secondary N) is 1. The normalized spacial score (nSPS) is 10.0. The van der Waals surface area contributed by atoms with E-state index in [0.717, 1.165) is 0 Å². The summed E-state index contributed by atoms with van der Waals surface area (Å²) in [5.41, 5.74) is 5.41. The largest absolute Gasteiger partial charge is 0.493 e. The van der Waals surface area contributed by atoms with Gasteiger partial charge in [0, 0.05) is 5.56 Å². The van der Waals surface area contributed by atoms with Gasteiger partial charge in [-0.2, -0.15) is 10.5 Å². The molecule has 30 heavy (non-hydrogen) atoms. The van der Waals surface area contributed by atoms with Gasteiger partial charge in [0.15, 0.2) is 11.5 Å². The van der Waals surface area contributed by atoms with E-state index in [-0.39, 0.29) is 34.0 Å². The van der Waals surface area contributed by atoms with Crippen LogP contribution in [-0.2, 0) is 0 Å². The lowest BCUT2D eigenvalue weighted by molar-refractivity contribution is 0.0728. The molecule has 1 heterocycles. The molecule has 148 valence electrons. The highest BCUT2D eigenvalue weighted by atomic mass is 79.9. The number of H-pyrrole nitrogens is 1. The topological polar surface area (TPSA) is 142 Å². The molecule has 0 atom stereocenters. The van der Waals surface area contributed by atoms with Crippen molar-refractivity contribution in [3.8, 4) is 34.8 Å². The molecule has 3 rings (SSSR count). The summed E-state index contributed by atoms with van der Waals surface area (Å²) in [6.07, 6.45) is 0. The highest BCUT2D eigenvalue weighted by molar-refractivity contribution is 9.10. The summed E-state index contributed by atoms with van der Waals surface area (Å²) >= 11 is 3.33. The van der Waals surface area contributed by atoms with Crippen LogP contribution in [0.1, 0.15) is 21.5 Å². The number of nitriles is 2. The van der Waals surface area contributed by atoms with Crippen molar-refractivity contribution in [1.82, 2.24) is 4.98 Å². The van der Waals surface area contributed by atoms with Crippen molar-refractivity contribution in [2.75, 3.05) is 12.8 Å². The monoisotopic (exact) mass is 464 g/mol. The van der Waals surface area contributed by atoms with Crippen LogP contribution in [0.5, 0.6) is 11.5 Å². The number of nitrogens with zero attached hydrogens (tertiary/aromatic N) is 2. The number of aromatic nitrogens is 1. The highest BCUT2D eigenvalue weighted by Gasteiger charge is 2.22. The highest BCUT2D eigenvalue weighted by Crippen LogP contribution is 2.41. The van der Waals surface area contributed by atoms with E-state index in [1.165, 1.54) is 19.2 Å². The minimum atomic E-state index is -0.723. The molecule has 0 saturated heterocycles. The third-order valence-corrected chi connectivity index (χ3v) is 4.78. The summed E-state index contributed by atoms with van der Waals surface area (Å²) in [6.45, 7) is 0. The third-order valence-electron chi connectivity index (χ3n) is 4.19. The number of hydrogen-bond donors (Lipinski definition) is 2. The van der Waals surface area contributed by atoms with E-state index in [9.17, 15) is 20.1 Å². The van der Waals surface area contributed by atoms with E-state index in [2.05, 4.69) is 20.9 Å². The van der Waals surface area contributed by atoms with Crippen molar-refractivity contribution in [3.63, 3.8) is 0 Å². The van der Waals surface area contributed by atoms with Crippen LogP contribution in [-0.4, -0.2) is 18.1 Å². The van der Waals surface area contributed by atoms with Crippen molar-refractivity contribution in [2.24, 2.45) is 0 Å². The fraction of sp³-hybridized carbons (Fsp3) is 0.0476. The smallest absolute Gasteiger partial charge is 0.343 e. The summed E-state index contributed by atoms with van der Waals surface area (Å²) in [4.78, 5) is 26.9. The number of nitrogen functional groups attached to an aromatic ring is 1. The van der Waals surface area contributed by atoms with E-state index in [4.69, 9.17) is 15.2 Å². The minimum Gasteiger partial charge on any atom is -0.493 e. The van der Waals surface area contributed by atoms with Crippen molar-refractivity contribution < 1.29 is 14.3 Å². The van der Waals surface area contributed by atoms with Gasteiger partial charge in [-0.25, -0.2) is 4.79 Å². The van der Waals surface area contributed by atoms with Crippen molar-refractivity contribution in [1.29, 1.82) is 10.5 Å². The van der Waals surface area contributed by atoms with Gasteiger partial charge in [0.1, 0.15) is 29.1 Å². The second kappa shape index (κ2) is 8.52. The fourth-order valence-electron chi connectivity index (χ4n) is 2.82. The SMILES string of the molecule is COc1cc(-c2c(C#N)c(N)[nH]c(=O)c2C#N)cc(Br)c1OC(=O)c1ccccc1. The molecule has 0 spiro atoms. The van der Waals surface area contributed by atoms with Gasteiger partial charge in [-0.3, -0.25) is 4.79 Å². The fourth-order valence-corrected chi connectivity index (χ4v) is 3.34. The summed E-state index contributed by atoms with van der Waals surface area (Å²) in [5, 5.41) is 18.9. The van der Waals surface area contributed by atoms with Gasteiger partial charge in [-0.15, -0.1) is 0 Å². The van der Waals surface area contributed by atoms with Crippen LogP contribution in [0.2, 0.25) is 0 Å². The van der Waals surface area contributed by atoms with Gasteiger partial charge in [0.2, 0.25) is 0 Å². The number of carbonyl (C=O) groups excluding carboxylic acids is 1. The van der Waals surface area contributed by atoms with Crippen LogP contribution < -0.4 is 20.8 Å². The Bertz CT molecular complexity index is 1290. The molecule has 9 heteroatoms. The number of hydrogen-bond acceptors (Lipinski definition) is 7. The molecule has 0 aliphatic heterocycles. The minimum absolute atomic E-state index is 0.0567. The zero-order valence-electron chi connectivity index (χ0n) is 15.5. The van der Waals surface area contributed by atoms with Crippen LogP contribution in [0.4, 0.5) is 5.82 Å². The molecule has 8 nitrogen and oxygen atoms in total. The molecule has 2 aromatic carbocycles. The number of esters is 1. The second-order valence-corrected chi connectivity index (χ2v) is 6.82. The average Bonchev–Trinajstić information content (AvgIpc) is 2.75. The first-order valence-corrected chi connectivity index (χ1v) is 9.21. The molecule has 0 bridgehead atoms. The summed E-state index contributed by atoms with van der Waals surface area (Å²) in [6, 6.07) is 15.1. The molecular formula is C21H13BrN4O4. The molecule has 3 N–H and O–H groups in total. The van der Waals surface area contributed by atoms with Crippen LogP contribution in [0.15, 0.2) is 51.7 Å². The number of ether oxygens (including phenoxy) is 2. The van der Waals surface area contributed by atoms with Crippen LogP contribution in [0.3, 0.4) is 0 Å². The van der Waals surface area contributed by atoms with Gasteiger partial charge in [-0.05, 0) is 45.8 Å². The second-order valence-electron chi connectivity index (χ2n) is 5.96. The van der Waals surface area contributed by atoms with Crippen LogP contribution in [0.25, 0.3) is 11.1 Å². The molecule has 0 amide bonds. The number of nitrogens with two attached hydrogens (primary N) is 1. The molecule has 0 aliphatic carbocycles. The lowest BCUT2D eigenvalue weighted by Gasteiger charge is -2.15. The maximum atomic E-state index is 12.4. The van der Waals surface area contributed by atoms with Crippen molar-refractivity contribution in [2.45, 2.75) is 0 Å². The van der Waals surface area contributed by atoms with Gasteiger partial charge in [-0.1, -0.05) is 18.2 Å². The first-order valence-electron chi connectivity index (χ1n) is 8.42. The summed E-state index contributed by atoms with van der Waals surface area (Å²) in [7, 11) is 1.37. The molecular weight excluding hydrogens is 452 g/mol. The molecule has 0 aliphatic rings. The van der Waals surface area contributed by atoms with E-state index in [1.54, 1.807) is 36.4 Å². The van der Waals surface area contributed by atoms with Gasteiger partial charge < -0.3 is 20.2 Å². The molecule has 0 unspecified atom stereocenters. The Labute approximate surface area is 179 Å². The molecule has 0 fully saturated rings. The van der Waals surface area contributed by atoms with Crippen molar-refractivity contribution in [3.05, 3.63) is 74.0 Å². The van der Waals surface area contributed by atoms with E-state index < -0.39 is 11.5 Å². The molecule has 0 radical (unpaired) electrons. The number of methoxy groups -OCH3 is 1. The lowest BCUT2D eigenvalue weighted by Crippen LogP contribution is -2.16. The predicted octanol–water partition coefficient (Wildman–Crippen LogP) is 3.36. The Kier molecular flexibility index (Phi) is 5.86. The van der Waals surface area contributed by atoms with Gasteiger partial charge in [0.05, 0.1) is 17.1 Å².